The van der Waals surface area contributed by atoms with Crippen molar-refractivity contribution in [1.82, 2.24) is 4.98 Å². The van der Waals surface area contributed by atoms with Crippen LogP contribution in [0.2, 0.25) is 0 Å². The third kappa shape index (κ3) is 1.25. The fraction of sp³-hybridized carbons (Fsp3) is 0.182. The quantitative estimate of drug-likeness (QED) is 0.626. The molecule has 3 heteroatoms. The minimum Gasteiger partial charge on any atom is -0.256 e. The molecule has 0 aliphatic heterocycles. The van der Waals surface area contributed by atoms with Gasteiger partial charge in [0.2, 0.25) is 0 Å². The van der Waals surface area contributed by atoms with Crippen LogP contribution in [0.4, 0.5) is 8.78 Å². The molecule has 0 N–H and O–H groups in total. The van der Waals surface area contributed by atoms with Gasteiger partial charge in [-0.1, -0.05) is 0 Å². The number of hydrogen-bond donors (Lipinski definition) is 0. The molecule has 2 aromatic rings. The molecule has 0 atom stereocenters. The smallest absolute Gasteiger partial charge is 0.163 e. The van der Waals surface area contributed by atoms with Crippen LogP contribution >= 0.6 is 0 Å². The van der Waals surface area contributed by atoms with E-state index in [1.807, 2.05) is 6.92 Å². The molecule has 0 unspecified atom stereocenters. The standard InChI is InChI=1S/C11H9F2N/c1-6-3-8-4-9(12)10(13)7(2)11(8)14-5-6/h3-5H,1-2H3. The van der Waals surface area contributed by atoms with Crippen molar-refractivity contribution in [2.75, 3.05) is 0 Å². The van der Waals surface area contributed by atoms with Gasteiger partial charge in [0.15, 0.2) is 11.6 Å². The Balaban J connectivity index is 2.91. The van der Waals surface area contributed by atoms with Gasteiger partial charge in [-0.25, -0.2) is 8.78 Å². The highest BCUT2D eigenvalue weighted by Crippen LogP contribution is 2.22. The second-order valence-corrected chi connectivity index (χ2v) is 3.38. The molecule has 0 saturated carbocycles. The van der Waals surface area contributed by atoms with Crippen LogP contribution in [0.3, 0.4) is 0 Å². The fourth-order valence-electron chi connectivity index (χ4n) is 1.50. The van der Waals surface area contributed by atoms with E-state index in [2.05, 4.69) is 4.98 Å². The van der Waals surface area contributed by atoms with Crippen LogP contribution in [0, 0.1) is 25.5 Å². The van der Waals surface area contributed by atoms with Crippen molar-refractivity contribution in [2.24, 2.45) is 0 Å². The summed E-state index contributed by atoms with van der Waals surface area (Å²) >= 11 is 0. The molecule has 14 heavy (non-hydrogen) atoms. The summed E-state index contributed by atoms with van der Waals surface area (Å²) in [7, 11) is 0. The van der Waals surface area contributed by atoms with Crippen molar-refractivity contribution in [2.45, 2.75) is 13.8 Å². The van der Waals surface area contributed by atoms with Gasteiger partial charge in [-0.05, 0) is 31.5 Å². The molecule has 0 aliphatic carbocycles. The summed E-state index contributed by atoms with van der Waals surface area (Å²) in [5, 5.41) is 0.640. The zero-order chi connectivity index (χ0) is 10.3. The molecule has 1 heterocycles. The summed E-state index contributed by atoms with van der Waals surface area (Å²) in [5.41, 5.74) is 1.72. The highest BCUT2D eigenvalue weighted by atomic mass is 19.2. The van der Waals surface area contributed by atoms with Crippen molar-refractivity contribution < 1.29 is 8.78 Å². The first-order valence-electron chi connectivity index (χ1n) is 4.30. The van der Waals surface area contributed by atoms with Crippen molar-refractivity contribution >= 4 is 10.9 Å². The highest BCUT2D eigenvalue weighted by Gasteiger charge is 2.10. The maximum Gasteiger partial charge on any atom is 0.163 e. The topological polar surface area (TPSA) is 12.9 Å². The molecular weight excluding hydrogens is 184 g/mol. The second-order valence-electron chi connectivity index (χ2n) is 3.38. The van der Waals surface area contributed by atoms with Crippen LogP contribution in [0.25, 0.3) is 10.9 Å². The first kappa shape index (κ1) is 9.06. The molecule has 0 spiro atoms. The number of halogens is 2. The van der Waals surface area contributed by atoms with Crippen LogP contribution in [0.15, 0.2) is 18.3 Å². The third-order valence-electron chi connectivity index (χ3n) is 2.23. The first-order chi connectivity index (χ1) is 6.59. The number of pyridine rings is 1. The van der Waals surface area contributed by atoms with E-state index in [1.165, 1.54) is 13.0 Å². The van der Waals surface area contributed by atoms with Crippen LogP contribution in [0.1, 0.15) is 11.1 Å². The van der Waals surface area contributed by atoms with E-state index in [4.69, 9.17) is 0 Å². The lowest BCUT2D eigenvalue weighted by molar-refractivity contribution is 0.505. The Morgan fingerprint density at radius 2 is 1.86 bits per heavy atom. The SMILES string of the molecule is Cc1cnc2c(C)c(F)c(F)cc2c1. The van der Waals surface area contributed by atoms with Gasteiger partial charge in [0, 0.05) is 17.1 Å². The van der Waals surface area contributed by atoms with Gasteiger partial charge in [-0.2, -0.15) is 0 Å². The van der Waals surface area contributed by atoms with Crippen molar-refractivity contribution in [1.29, 1.82) is 0 Å². The molecule has 0 radical (unpaired) electrons. The van der Waals surface area contributed by atoms with E-state index >= 15 is 0 Å². The number of hydrogen-bond acceptors (Lipinski definition) is 1. The average molecular weight is 193 g/mol. The number of benzene rings is 1. The molecular formula is C11H9F2N. The highest BCUT2D eigenvalue weighted by molar-refractivity contribution is 5.82. The average Bonchev–Trinajstić information content (AvgIpc) is 2.14. The van der Waals surface area contributed by atoms with Crippen LogP contribution < -0.4 is 0 Å². The summed E-state index contributed by atoms with van der Waals surface area (Å²) in [4.78, 5) is 4.08. The summed E-state index contributed by atoms with van der Waals surface area (Å²) in [6.07, 6.45) is 1.65. The Hall–Kier alpha value is -1.51. The summed E-state index contributed by atoms with van der Waals surface area (Å²) in [5.74, 6) is -1.63. The van der Waals surface area contributed by atoms with Gasteiger partial charge in [0.05, 0.1) is 5.52 Å². The zero-order valence-electron chi connectivity index (χ0n) is 7.94. The Bertz CT molecular complexity index is 506. The number of nitrogens with zero attached hydrogens (tertiary/aromatic N) is 1. The zero-order valence-corrected chi connectivity index (χ0v) is 7.94. The van der Waals surface area contributed by atoms with Gasteiger partial charge in [-0.15, -0.1) is 0 Å². The molecule has 72 valence electrons. The molecule has 1 nitrogen and oxygen atoms in total. The number of aromatic nitrogens is 1. The molecule has 2 rings (SSSR count). The lowest BCUT2D eigenvalue weighted by atomic mass is 10.1. The van der Waals surface area contributed by atoms with E-state index in [1.54, 1.807) is 12.3 Å². The molecule has 0 fully saturated rings. The fourth-order valence-corrected chi connectivity index (χ4v) is 1.50. The second kappa shape index (κ2) is 3.01. The summed E-state index contributed by atoms with van der Waals surface area (Å²) in [6.45, 7) is 3.39. The van der Waals surface area contributed by atoms with Crippen LogP contribution in [-0.4, -0.2) is 4.98 Å². The van der Waals surface area contributed by atoms with Gasteiger partial charge >= 0.3 is 0 Å². The predicted molar refractivity (Wildman–Crippen MR) is 51.1 cm³/mol. The lowest BCUT2D eigenvalue weighted by Gasteiger charge is -2.04. The Labute approximate surface area is 80.4 Å². The van der Waals surface area contributed by atoms with Crippen molar-refractivity contribution in [3.8, 4) is 0 Å². The van der Waals surface area contributed by atoms with Crippen molar-refractivity contribution in [3.63, 3.8) is 0 Å². The molecule has 1 aromatic heterocycles. The van der Waals surface area contributed by atoms with Crippen molar-refractivity contribution in [3.05, 3.63) is 41.1 Å². The molecule has 1 aromatic carbocycles. The molecule has 0 saturated heterocycles. The summed E-state index contributed by atoms with van der Waals surface area (Å²) < 4.78 is 26.2. The van der Waals surface area contributed by atoms with E-state index in [0.29, 0.717) is 10.9 Å². The van der Waals surface area contributed by atoms with Gasteiger partial charge in [0.25, 0.3) is 0 Å². The molecule has 0 aliphatic rings. The van der Waals surface area contributed by atoms with E-state index in [9.17, 15) is 8.78 Å². The van der Waals surface area contributed by atoms with E-state index < -0.39 is 11.6 Å². The van der Waals surface area contributed by atoms with Gasteiger partial charge in [-0.3, -0.25) is 4.98 Å². The van der Waals surface area contributed by atoms with Crippen LogP contribution in [0.5, 0.6) is 0 Å². The normalized spacial score (nSPS) is 10.9. The Morgan fingerprint density at radius 3 is 2.57 bits per heavy atom. The Kier molecular flexibility index (Phi) is 1.95. The predicted octanol–water partition coefficient (Wildman–Crippen LogP) is 3.13. The van der Waals surface area contributed by atoms with Crippen LogP contribution in [-0.2, 0) is 0 Å². The first-order valence-corrected chi connectivity index (χ1v) is 4.30. The van der Waals surface area contributed by atoms with E-state index in [-0.39, 0.29) is 5.56 Å². The Morgan fingerprint density at radius 1 is 1.14 bits per heavy atom. The van der Waals surface area contributed by atoms with Gasteiger partial charge in [0.1, 0.15) is 0 Å². The van der Waals surface area contributed by atoms with Gasteiger partial charge < -0.3 is 0 Å². The third-order valence-corrected chi connectivity index (χ3v) is 2.23. The number of rotatable bonds is 0. The minimum absolute atomic E-state index is 0.264. The molecule has 0 bridgehead atoms. The van der Waals surface area contributed by atoms with E-state index in [0.717, 1.165) is 5.56 Å². The monoisotopic (exact) mass is 193 g/mol. The number of aryl methyl sites for hydroxylation is 2. The number of fused-ring (bicyclic) bond motifs is 1. The summed E-state index contributed by atoms with van der Waals surface area (Å²) in [6, 6.07) is 2.97. The lowest BCUT2D eigenvalue weighted by Crippen LogP contribution is -1.93. The largest absolute Gasteiger partial charge is 0.256 e. The molecule has 0 amide bonds. The minimum atomic E-state index is -0.817. The maximum absolute atomic E-state index is 13.1. The maximum atomic E-state index is 13.1.